The van der Waals surface area contributed by atoms with Crippen molar-refractivity contribution in [3.63, 3.8) is 0 Å². The van der Waals surface area contributed by atoms with Gasteiger partial charge in [-0.1, -0.05) is 6.07 Å². The van der Waals surface area contributed by atoms with Gasteiger partial charge in [0, 0.05) is 23.0 Å². The number of nitrogens with one attached hydrogen (secondary N) is 1. The van der Waals surface area contributed by atoms with E-state index in [4.69, 9.17) is 15.7 Å². The van der Waals surface area contributed by atoms with Crippen molar-refractivity contribution in [2.45, 2.75) is 0 Å². The predicted octanol–water partition coefficient (Wildman–Crippen LogP) is 2.42. The minimum atomic E-state index is -0.234. The van der Waals surface area contributed by atoms with Gasteiger partial charge >= 0.3 is 0 Å². The molecule has 0 heterocycles. The summed E-state index contributed by atoms with van der Waals surface area (Å²) in [5.41, 5.74) is 7.29. The lowest BCUT2D eigenvalue weighted by atomic mass is 10.2. The first kappa shape index (κ1) is 13.4. The van der Waals surface area contributed by atoms with Gasteiger partial charge in [-0.2, -0.15) is 5.26 Å². The molecule has 2 rings (SSSR count). The van der Waals surface area contributed by atoms with Gasteiger partial charge in [0.05, 0.1) is 0 Å². The first-order valence-electron chi connectivity index (χ1n) is 5.96. The monoisotopic (exact) mass is 267 g/mol. The van der Waals surface area contributed by atoms with Crippen LogP contribution in [-0.2, 0) is 0 Å². The van der Waals surface area contributed by atoms with Gasteiger partial charge in [-0.05, 0) is 36.4 Å². The van der Waals surface area contributed by atoms with E-state index in [1.54, 1.807) is 48.5 Å². The Bertz CT molecular complexity index is 645. The number of hydrogen-bond acceptors (Lipinski definition) is 4. The van der Waals surface area contributed by atoms with E-state index in [0.717, 1.165) is 0 Å². The van der Waals surface area contributed by atoms with Gasteiger partial charge in [-0.25, -0.2) is 0 Å². The Balaban J connectivity index is 2.07. The molecule has 3 N–H and O–H groups in total. The molecule has 0 fully saturated rings. The van der Waals surface area contributed by atoms with E-state index in [1.807, 2.05) is 6.07 Å². The fourth-order valence-electron chi connectivity index (χ4n) is 1.62. The Morgan fingerprint density at radius 2 is 2.00 bits per heavy atom. The lowest BCUT2D eigenvalue weighted by Crippen LogP contribution is -2.11. The van der Waals surface area contributed by atoms with Crippen molar-refractivity contribution in [1.82, 2.24) is 0 Å². The maximum atomic E-state index is 12.0. The van der Waals surface area contributed by atoms with E-state index in [0.29, 0.717) is 22.7 Å². The maximum Gasteiger partial charge on any atom is 0.255 e. The third-order valence-corrected chi connectivity index (χ3v) is 2.57. The standard InChI is InChI=1S/C15H13N3O2/c16-8-9-20-14-3-1-2-13(10-14)18-15(19)11-4-6-12(17)7-5-11/h1-7,10H,9,17H2,(H,18,19). The summed E-state index contributed by atoms with van der Waals surface area (Å²) in [6, 6.07) is 15.4. The van der Waals surface area contributed by atoms with Gasteiger partial charge in [-0.15, -0.1) is 0 Å². The molecular formula is C15H13N3O2. The zero-order valence-corrected chi connectivity index (χ0v) is 10.7. The molecule has 20 heavy (non-hydrogen) atoms. The van der Waals surface area contributed by atoms with Crippen LogP contribution in [-0.4, -0.2) is 12.5 Å². The van der Waals surface area contributed by atoms with Gasteiger partial charge in [-0.3, -0.25) is 4.79 Å². The number of carbonyl (C=O) groups is 1. The molecule has 2 aromatic rings. The third kappa shape index (κ3) is 3.50. The van der Waals surface area contributed by atoms with Gasteiger partial charge in [0.1, 0.15) is 11.8 Å². The summed E-state index contributed by atoms with van der Waals surface area (Å²) in [7, 11) is 0. The Morgan fingerprint density at radius 3 is 2.70 bits per heavy atom. The minimum absolute atomic E-state index is 0.0324. The number of nitrogens with two attached hydrogens (primary N) is 1. The molecule has 2 aromatic carbocycles. The van der Waals surface area contributed by atoms with Gasteiger partial charge in [0.25, 0.3) is 5.91 Å². The summed E-state index contributed by atoms with van der Waals surface area (Å²) in [6.45, 7) is -0.0324. The Labute approximate surface area is 116 Å². The number of amides is 1. The largest absolute Gasteiger partial charge is 0.479 e. The van der Waals surface area contributed by atoms with Crippen LogP contribution in [0.1, 0.15) is 10.4 Å². The van der Waals surface area contributed by atoms with E-state index in [2.05, 4.69) is 5.32 Å². The average Bonchev–Trinajstić information content (AvgIpc) is 2.46. The fraction of sp³-hybridized carbons (Fsp3) is 0.0667. The van der Waals surface area contributed by atoms with Crippen LogP contribution in [0.15, 0.2) is 48.5 Å². The number of ether oxygens (including phenoxy) is 1. The molecule has 0 saturated heterocycles. The van der Waals surface area contributed by atoms with Gasteiger partial charge < -0.3 is 15.8 Å². The summed E-state index contributed by atoms with van der Waals surface area (Å²) in [5.74, 6) is 0.295. The Hall–Kier alpha value is -3.00. The highest BCUT2D eigenvalue weighted by Gasteiger charge is 2.06. The van der Waals surface area contributed by atoms with E-state index >= 15 is 0 Å². The molecule has 0 aliphatic heterocycles. The predicted molar refractivity (Wildman–Crippen MR) is 76.4 cm³/mol. The van der Waals surface area contributed by atoms with Crippen molar-refractivity contribution in [2.24, 2.45) is 0 Å². The Kier molecular flexibility index (Phi) is 4.20. The van der Waals surface area contributed by atoms with E-state index in [1.165, 1.54) is 0 Å². The van der Waals surface area contributed by atoms with E-state index < -0.39 is 0 Å². The lowest BCUT2D eigenvalue weighted by Gasteiger charge is -2.07. The average molecular weight is 267 g/mol. The molecule has 1 amide bonds. The van der Waals surface area contributed by atoms with Crippen molar-refractivity contribution >= 4 is 17.3 Å². The highest BCUT2D eigenvalue weighted by Crippen LogP contribution is 2.18. The molecule has 0 bridgehead atoms. The fourth-order valence-corrected chi connectivity index (χ4v) is 1.62. The summed E-state index contributed by atoms with van der Waals surface area (Å²) in [6.07, 6.45) is 0. The van der Waals surface area contributed by atoms with E-state index in [-0.39, 0.29) is 12.5 Å². The molecule has 5 heteroatoms. The van der Waals surface area contributed by atoms with Crippen LogP contribution in [0.25, 0.3) is 0 Å². The van der Waals surface area contributed by atoms with Crippen LogP contribution < -0.4 is 15.8 Å². The molecule has 0 aromatic heterocycles. The van der Waals surface area contributed by atoms with Crippen molar-refractivity contribution in [1.29, 1.82) is 5.26 Å². The SMILES string of the molecule is N#CCOc1cccc(NC(=O)c2ccc(N)cc2)c1. The first-order chi connectivity index (χ1) is 9.69. The van der Waals surface area contributed by atoms with E-state index in [9.17, 15) is 4.79 Å². The van der Waals surface area contributed by atoms with Crippen LogP contribution >= 0.6 is 0 Å². The second-order valence-corrected chi connectivity index (χ2v) is 4.05. The van der Waals surface area contributed by atoms with Crippen LogP contribution in [0, 0.1) is 11.3 Å². The smallest absolute Gasteiger partial charge is 0.255 e. The first-order valence-corrected chi connectivity index (χ1v) is 5.96. The van der Waals surface area contributed by atoms with Crippen molar-refractivity contribution in [2.75, 3.05) is 17.7 Å². The zero-order valence-electron chi connectivity index (χ0n) is 10.7. The number of nitrogens with zero attached hydrogens (tertiary/aromatic N) is 1. The third-order valence-electron chi connectivity index (χ3n) is 2.57. The second-order valence-electron chi connectivity index (χ2n) is 4.05. The number of nitriles is 1. The highest BCUT2D eigenvalue weighted by atomic mass is 16.5. The molecule has 0 saturated carbocycles. The number of anilines is 2. The molecule has 0 aliphatic carbocycles. The molecule has 0 unspecified atom stereocenters. The second kappa shape index (κ2) is 6.25. The molecule has 5 nitrogen and oxygen atoms in total. The normalized spacial score (nSPS) is 9.55. The molecule has 0 spiro atoms. The number of hydrogen-bond donors (Lipinski definition) is 2. The van der Waals surface area contributed by atoms with Crippen LogP contribution in [0.3, 0.4) is 0 Å². The van der Waals surface area contributed by atoms with Crippen molar-refractivity contribution in [3.8, 4) is 11.8 Å². The molecule has 0 aliphatic rings. The highest BCUT2D eigenvalue weighted by molar-refractivity contribution is 6.04. The van der Waals surface area contributed by atoms with Crippen LogP contribution in [0.2, 0.25) is 0 Å². The summed E-state index contributed by atoms with van der Waals surface area (Å²) in [5, 5.41) is 11.2. The summed E-state index contributed by atoms with van der Waals surface area (Å²) < 4.78 is 5.17. The molecular weight excluding hydrogens is 254 g/mol. The number of carbonyl (C=O) groups excluding carboxylic acids is 1. The molecule has 0 radical (unpaired) electrons. The molecule has 0 atom stereocenters. The molecule has 100 valence electrons. The van der Waals surface area contributed by atoms with Gasteiger partial charge in [0.15, 0.2) is 6.61 Å². The van der Waals surface area contributed by atoms with Crippen molar-refractivity contribution in [3.05, 3.63) is 54.1 Å². The quantitative estimate of drug-likeness (QED) is 0.833. The lowest BCUT2D eigenvalue weighted by molar-refractivity contribution is 0.102. The number of rotatable bonds is 4. The minimum Gasteiger partial charge on any atom is -0.479 e. The Morgan fingerprint density at radius 1 is 1.25 bits per heavy atom. The maximum absolute atomic E-state index is 12.0. The summed E-state index contributed by atoms with van der Waals surface area (Å²) >= 11 is 0. The number of nitrogen functional groups attached to an aromatic ring is 1. The van der Waals surface area contributed by atoms with Crippen LogP contribution in [0.4, 0.5) is 11.4 Å². The topological polar surface area (TPSA) is 88.1 Å². The summed E-state index contributed by atoms with van der Waals surface area (Å²) in [4.78, 5) is 12.0. The number of benzene rings is 2. The van der Waals surface area contributed by atoms with Gasteiger partial charge in [0.2, 0.25) is 0 Å². The zero-order chi connectivity index (χ0) is 14.4. The van der Waals surface area contributed by atoms with Crippen LogP contribution in [0.5, 0.6) is 5.75 Å². The van der Waals surface area contributed by atoms with Crippen molar-refractivity contribution < 1.29 is 9.53 Å².